The number of hydrogen-bond acceptors (Lipinski definition) is 4. The lowest BCUT2D eigenvalue weighted by Gasteiger charge is -2.25. The predicted molar refractivity (Wildman–Crippen MR) is 112 cm³/mol. The maximum atomic E-state index is 12.7. The molecule has 0 N–H and O–H groups in total. The molecule has 1 aliphatic carbocycles. The Kier molecular flexibility index (Phi) is 5.47. The van der Waals surface area contributed by atoms with Crippen LogP contribution in [0.3, 0.4) is 0 Å². The minimum atomic E-state index is 0.104. The van der Waals surface area contributed by atoms with E-state index in [-0.39, 0.29) is 11.9 Å². The monoisotopic (exact) mass is 389 g/mol. The molecule has 0 spiro atoms. The lowest BCUT2D eigenvalue weighted by Crippen LogP contribution is -2.30. The number of aromatic nitrogens is 2. The van der Waals surface area contributed by atoms with Crippen molar-refractivity contribution in [2.45, 2.75) is 51.5 Å². The van der Waals surface area contributed by atoms with Crippen LogP contribution >= 0.6 is 0 Å². The number of benzene rings is 2. The summed E-state index contributed by atoms with van der Waals surface area (Å²) in [6.45, 7) is 4.33. The Morgan fingerprint density at radius 2 is 1.93 bits per heavy atom. The average Bonchev–Trinajstić information content (AvgIpc) is 3.39. The van der Waals surface area contributed by atoms with E-state index >= 15 is 0 Å². The Morgan fingerprint density at radius 3 is 2.69 bits per heavy atom. The highest BCUT2D eigenvalue weighted by molar-refractivity contribution is 5.76. The van der Waals surface area contributed by atoms with Gasteiger partial charge in [0.15, 0.2) is 0 Å². The summed E-state index contributed by atoms with van der Waals surface area (Å²) in [4.78, 5) is 19.1. The average molecular weight is 389 g/mol. The normalized spacial score (nSPS) is 15.5. The van der Waals surface area contributed by atoms with Crippen LogP contribution in [0.1, 0.15) is 61.2 Å². The van der Waals surface area contributed by atoms with Gasteiger partial charge in [-0.25, -0.2) is 0 Å². The fraction of sp³-hybridized carbons (Fsp3) is 0.375. The van der Waals surface area contributed by atoms with E-state index in [1.165, 1.54) is 16.7 Å². The second-order valence-corrected chi connectivity index (χ2v) is 8.05. The van der Waals surface area contributed by atoms with E-state index in [1.807, 2.05) is 30.1 Å². The highest BCUT2D eigenvalue weighted by Gasteiger charge is 2.28. The van der Waals surface area contributed by atoms with Crippen molar-refractivity contribution in [1.82, 2.24) is 15.0 Å². The zero-order valence-corrected chi connectivity index (χ0v) is 17.3. The van der Waals surface area contributed by atoms with Gasteiger partial charge in [-0.1, -0.05) is 67.5 Å². The van der Waals surface area contributed by atoms with Crippen LogP contribution in [0.2, 0.25) is 0 Å². The van der Waals surface area contributed by atoms with Crippen molar-refractivity contribution < 1.29 is 9.32 Å². The molecular weight excluding hydrogens is 362 g/mol. The molecule has 5 heteroatoms. The first kappa shape index (κ1) is 19.4. The summed E-state index contributed by atoms with van der Waals surface area (Å²) < 4.78 is 5.38. The maximum Gasteiger partial charge on any atom is 0.227 e. The summed E-state index contributed by atoms with van der Waals surface area (Å²) >= 11 is 0. The van der Waals surface area contributed by atoms with Gasteiger partial charge in [-0.3, -0.25) is 4.79 Å². The molecule has 1 unspecified atom stereocenters. The summed E-state index contributed by atoms with van der Waals surface area (Å²) in [5.74, 6) is 1.66. The van der Waals surface area contributed by atoms with E-state index in [0.29, 0.717) is 30.5 Å². The fourth-order valence-corrected chi connectivity index (χ4v) is 3.99. The molecule has 2 aromatic carbocycles. The molecule has 1 aliphatic rings. The molecule has 3 aromatic rings. The van der Waals surface area contributed by atoms with Gasteiger partial charge in [-0.05, 0) is 35.4 Å². The van der Waals surface area contributed by atoms with Crippen LogP contribution in [0.4, 0.5) is 0 Å². The van der Waals surface area contributed by atoms with E-state index in [2.05, 4.69) is 54.3 Å². The van der Waals surface area contributed by atoms with E-state index < -0.39 is 0 Å². The highest BCUT2D eigenvalue weighted by Crippen LogP contribution is 2.35. The fourth-order valence-electron chi connectivity index (χ4n) is 3.99. The van der Waals surface area contributed by atoms with Gasteiger partial charge < -0.3 is 9.42 Å². The third kappa shape index (κ3) is 4.09. The quantitative estimate of drug-likeness (QED) is 0.599. The van der Waals surface area contributed by atoms with Crippen LogP contribution in [-0.2, 0) is 17.6 Å². The number of fused-ring (bicyclic) bond motifs is 1. The van der Waals surface area contributed by atoms with Crippen LogP contribution in [0.5, 0.6) is 0 Å². The summed E-state index contributed by atoms with van der Waals surface area (Å²) in [6, 6.07) is 16.8. The Bertz CT molecular complexity index is 991. The first-order valence-electron chi connectivity index (χ1n) is 10.3. The minimum Gasteiger partial charge on any atom is -0.339 e. The van der Waals surface area contributed by atoms with E-state index in [0.717, 1.165) is 18.4 Å². The molecule has 1 atom stereocenters. The lowest BCUT2D eigenvalue weighted by atomic mass is 10.0. The van der Waals surface area contributed by atoms with Crippen molar-refractivity contribution in [3.05, 3.63) is 71.1 Å². The molecule has 0 bridgehead atoms. The van der Waals surface area contributed by atoms with Gasteiger partial charge in [-0.2, -0.15) is 4.98 Å². The van der Waals surface area contributed by atoms with Crippen LogP contribution < -0.4 is 0 Å². The number of carbonyl (C=O) groups is 1. The van der Waals surface area contributed by atoms with Crippen molar-refractivity contribution in [3.63, 3.8) is 0 Å². The van der Waals surface area contributed by atoms with Gasteiger partial charge in [0, 0.05) is 25.5 Å². The molecule has 29 heavy (non-hydrogen) atoms. The van der Waals surface area contributed by atoms with Crippen molar-refractivity contribution in [2.24, 2.45) is 0 Å². The highest BCUT2D eigenvalue weighted by atomic mass is 16.5. The van der Waals surface area contributed by atoms with Crippen molar-refractivity contribution >= 4 is 5.91 Å². The van der Waals surface area contributed by atoms with Gasteiger partial charge in [0.05, 0.1) is 6.04 Å². The van der Waals surface area contributed by atoms with Crippen molar-refractivity contribution in [2.75, 3.05) is 7.05 Å². The molecule has 5 nitrogen and oxygen atoms in total. The van der Waals surface area contributed by atoms with Gasteiger partial charge >= 0.3 is 0 Å². The van der Waals surface area contributed by atoms with Gasteiger partial charge in [0.1, 0.15) is 0 Å². The molecule has 4 rings (SSSR count). The third-order valence-electron chi connectivity index (χ3n) is 5.82. The number of amides is 1. The first-order valence-corrected chi connectivity index (χ1v) is 10.3. The topological polar surface area (TPSA) is 59.2 Å². The molecular formula is C24H27N3O2. The standard InChI is InChI=1S/C24H27N3O2/c1-16(2)17-8-10-19(11-9-17)24-25-22(29-26-24)14-15-23(28)27(3)21-13-12-18-6-4-5-7-20(18)21/h4-11,16,21H,12-15H2,1-3H3. The van der Waals surface area contributed by atoms with Gasteiger partial charge in [-0.15, -0.1) is 0 Å². The zero-order valence-electron chi connectivity index (χ0n) is 17.3. The second kappa shape index (κ2) is 8.19. The Balaban J connectivity index is 1.37. The molecule has 1 aromatic heterocycles. The SMILES string of the molecule is CC(C)c1ccc(-c2noc(CCC(=O)N(C)C3CCc4ccccc43)n2)cc1. The molecule has 1 amide bonds. The Labute approximate surface area is 171 Å². The lowest BCUT2D eigenvalue weighted by molar-refractivity contribution is -0.132. The minimum absolute atomic E-state index is 0.104. The first-order chi connectivity index (χ1) is 14.0. The number of nitrogens with zero attached hydrogens (tertiary/aromatic N) is 3. The van der Waals surface area contributed by atoms with Crippen LogP contribution in [0.15, 0.2) is 53.1 Å². The number of aryl methyl sites for hydroxylation is 2. The number of hydrogen-bond donors (Lipinski definition) is 0. The molecule has 0 saturated carbocycles. The third-order valence-corrected chi connectivity index (χ3v) is 5.82. The van der Waals surface area contributed by atoms with Crippen molar-refractivity contribution in [1.29, 1.82) is 0 Å². The molecule has 0 saturated heterocycles. The second-order valence-electron chi connectivity index (χ2n) is 8.05. The van der Waals surface area contributed by atoms with Crippen molar-refractivity contribution in [3.8, 4) is 11.4 Å². The van der Waals surface area contributed by atoms with Gasteiger partial charge in [0.2, 0.25) is 17.6 Å². The van der Waals surface area contributed by atoms with Crippen LogP contribution in [0.25, 0.3) is 11.4 Å². The smallest absolute Gasteiger partial charge is 0.227 e. The molecule has 0 fully saturated rings. The summed E-state index contributed by atoms with van der Waals surface area (Å²) in [6.07, 6.45) is 2.83. The summed E-state index contributed by atoms with van der Waals surface area (Å²) in [7, 11) is 1.89. The predicted octanol–water partition coefficient (Wildman–Crippen LogP) is 4.94. The summed E-state index contributed by atoms with van der Waals surface area (Å²) in [5.41, 5.74) is 4.82. The van der Waals surface area contributed by atoms with E-state index in [9.17, 15) is 4.79 Å². The Morgan fingerprint density at radius 1 is 1.17 bits per heavy atom. The molecule has 1 heterocycles. The summed E-state index contributed by atoms with van der Waals surface area (Å²) in [5, 5.41) is 4.08. The zero-order chi connectivity index (χ0) is 20.4. The number of carbonyl (C=O) groups excluding carboxylic acids is 1. The Hall–Kier alpha value is -2.95. The van der Waals surface area contributed by atoms with E-state index in [4.69, 9.17) is 4.52 Å². The molecule has 0 radical (unpaired) electrons. The van der Waals surface area contributed by atoms with Crippen LogP contribution in [-0.4, -0.2) is 28.0 Å². The molecule has 150 valence electrons. The van der Waals surface area contributed by atoms with Crippen LogP contribution in [0, 0.1) is 0 Å². The van der Waals surface area contributed by atoms with Gasteiger partial charge in [0.25, 0.3) is 0 Å². The van der Waals surface area contributed by atoms with E-state index in [1.54, 1.807) is 0 Å². The molecule has 0 aliphatic heterocycles. The number of rotatable bonds is 6. The maximum absolute atomic E-state index is 12.7. The largest absolute Gasteiger partial charge is 0.339 e.